The predicted octanol–water partition coefficient (Wildman–Crippen LogP) is 2.31. The number of hydrogen-bond acceptors (Lipinski definition) is 3. The Morgan fingerprint density at radius 3 is 2.32 bits per heavy atom. The molecule has 1 saturated carbocycles. The molecule has 0 bridgehead atoms. The van der Waals surface area contributed by atoms with Crippen molar-refractivity contribution in [2.75, 3.05) is 33.7 Å². The van der Waals surface area contributed by atoms with Crippen LogP contribution in [0, 0.1) is 5.41 Å². The first-order valence-electron chi connectivity index (χ1n) is 8.00. The molecular formula is C16H33N3. The van der Waals surface area contributed by atoms with E-state index in [1.54, 1.807) is 0 Å². The molecule has 1 aliphatic carbocycles. The van der Waals surface area contributed by atoms with Crippen LogP contribution in [0.4, 0.5) is 0 Å². The SMILES string of the molecule is CN(C)CC1CCCN1C1(CN)CCC(C)(C)CC1. The van der Waals surface area contributed by atoms with Crippen molar-refractivity contribution in [2.24, 2.45) is 11.1 Å². The van der Waals surface area contributed by atoms with E-state index in [4.69, 9.17) is 5.73 Å². The highest BCUT2D eigenvalue weighted by atomic mass is 15.3. The summed E-state index contributed by atoms with van der Waals surface area (Å²) in [6, 6.07) is 0.722. The minimum absolute atomic E-state index is 0.298. The standard InChI is InChI=1S/C16H33N3/c1-15(2)7-9-16(13-17,10-8-15)19-11-5-6-14(19)12-18(3)4/h14H,5-13,17H2,1-4H3. The van der Waals surface area contributed by atoms with Gasteiger partial charge in [0.05, 0.1) is 0 Å². The Morgan fingerprint density at radius 2 is 1.79 bits per heavy atom. The van der Waals surface area contributed by atoms with Crippen LogP contribution in [-0.4, -0.2) is 55.1 Å². The fourth-order valence-corrected chi connectivity index (χ4v) is 4.07. The lowest BCUT2D eigenvalue weighted by Crippen LogP contribution is -2.59. The van der Waals surface area contributed by atoms with Crippen LogP contribution in [0.3, 0.4) is 0 Å². The Labute approximate surface area is 119 Å². The summed E-state index contributed by atoms with van der Waals surface area (Å²) in [4.78, 5) is 5.11. The van der Waals surface area contributed by atoms with Crippen LogP contribution in [0.2, 0.25) is 0 Å². The van der Waals surface area contributed by atoms with E-state index in [1.807, 2.05) is 0 Å². The van der Waals surface area contributed by atoms with Crippen molar-refractivity contribution in [2.45, 2.75) is 64.0 Å². The highest BCUT2D eigenvalue weighted by Gasteiger charge is 2.45. The van der Waals surface area contributed by atoms with Gasteiger partial charge in [0.15, 0.2) is 0 Å². The third-order valence-corrected chi connectivity index (χ3v) is 5.48. The van der Waals surface area contributed by atoms with E-state index in [2.05, 4.69) is 37.7 Å². The molecule has 2 rings (SSSR count). The van der Waals surface area contributed by atoms with Gasteiger partial charge in [-0.1, -0.05) is 13.8 Å². The molecule has 1 aliphatic heterocycles. The summed E-state index contributed by atoms with van der Waals surface area (Å²) in [5.74, 6) is 0. The van der Waals surface area contributed by atoms with Crippen LogP contribution >= 0.6 is 0 Å². The first-order chi connectivity index (χ1) is 8.88. The van der Waals surface area contributed by atoms with E-state index in [-0.39, 0.29) is 0 Å². The van der Waals surface area contributed by atoms with Gasteiger partial charge in [-0.25, -0.2) is 0 Å². The topological polar surface area (TPSA) is 32.5 Å². The smallest absolute Gasteiger partial charge is 0.0335 e. The molecule has 3 heteroatoms. The number of likely N-dealkylation sites (tertiary alicyclic amines) is 1. The van der Waals surface area contributed by atoms with Crippen LogP contribution in [0.15, 0.2) is 0 Å². The maximum atomic E-state index is 6.24. The monoisotopic (exact) mass is 267 g/mol. The Bertz CT molecular complexity index is 288. The van der Waals surface area contributed by atoms with Gasteiger partial charge in [0, 0.05) is 24.7 Å². The number of hydrogen-bond donors (Lipinski definition) is 1. The molecule has 2 aliphatic rings. The molecule has 2 N–H and O–H groups in total. The van der Waals surface area contributed by atoms with Crippen LogP contribution in [0.1, 0.15) is 52.4 Å². The van der Waals surface area contributed by atoms with E-state index in [0.29, 0.717) is 11.0 Å². The first-order valence-corrected chi connectivity index (χ1v) is 8.00. The van der Waals surface area contributed by atoms with Gasteiger partial charge in [0.1, 0.15) is 0 Å². The summed E-state index contributed by atoms with van der Waals surface area (Å²) in [6.45, 7) is 8.11. The molecule has 0 aromatic heterocycles. The third kappa shape index (κ3) is 3.32. The molecule has 1 heterocycles. The average Bonchev–Trinajstić information content (AvgIpc) is 2.78. The van der Waals surface area contributed by atoms with Crippen molar-refractivity contribution in [3.63, 3.8) is 0 Å². The molecule has 2 fully saturated rings. The van der Waals surface area contributed by atoms with E-state index < -0.39 is 0 Å². The largest absolute Gasteiger partial charge is 0.329 e. The lowest BCUT2D eigenvalue weighted by Gasteiger charge is -2.50. The van der Waals surface area contributed by atoms with Crippen molar-refractivity contribution in [1.82, 2.24) is 9.80 Å². The quantitative estimate of drug-likeness (QED) is 0.848. The van der Waals surface area contributed by atoms with Crippen LogP contribution in [-0.2, 0) is 0 Å². The summed E-state index contributed by atoms with van der Waals surface area (Å²) in [6.07, 6.45) is 7.94. The van der Waals surface area contributed by atoms with Crippen LogP contribution in [0.5, 0.6) is 0 Å². The maximum absolute atomic E-state index is 6.24. The molecule has 0 aromatic rings. The molecule has 1 saturated heterocycles. The van der Waals surface area contributed by atoms with Gasteiger partial charge in [-0.05, 0) is 64.6 Å². The van der Waals surface area contributed by atoms with Gasteiger partial charge in [0.2, 0.25) is 0 Å². The molecule has 0 aromatic carbocycles. The Hall–Kier alpha value is -0.120. The van der Waals surface area contributed by atoms with Gasteiger partial charge in [-0.2, -0.15) is 0 Å². The molecule has 1 atom stereocenters. The minimum atomic E-state index is 0.298. The van der Waals surface area contributed by atoms with Crippen molar-refractivity contribution < 1.29 is 0 Å². The number of likely N-dealkylation sites (N-methyl/N-ethyl adjacent to an activating group) is 1. The second-order valence-electron chi connectivity index (χ2n) is 7.84. The zero-order valence-electron chi connectivity index (χ0n) is 13.4. The minimum Gasteiger partial charge on any atom is -0.329 e. The van der Waals surface area contributed by atoms with Gasteiger partial charge in [-0.15, -0.1) is 0 Å². The molecule has 0 radical (unpaired) electrons. The van der Waals surface area contributed by atoms with Gasteiger partial charge < -0.3 is 10.6 Å². The Kier molecular flexibility index (Phi) is 4.59. The third-order valence-electron chi connectivity index (χ3n) is 5.48. The maximum Gasteiger partial charge on any atom is 0.0335 e. The van der Waals surface area contributed by atoms with Gasteiger partial charge in [-0.3, -0.25) is 4.90 Å². The fraction of sp³-hybridized carbons (Fsp3) is 1.00. The zero-order chi connectivity index (χ0) is 14.1. The number of rotatable bonds is 4. The highest BCUT2D eigenvalue weighted by Crippen LogP contribution is 2.44. The molecule has 1 unspecified atom stereocenters. The summed E-state index contributed by atoms with van der Waals surface area (Å²) in [7, 11) is 4.38. The highest BCUT2D eigenvalue weighted by molar-refractivity contribution is 5.02. The lowest BCUT2D eigenvalue weighted by molar-refractivity contribution is 0.00814. The van der Waals surface area contributed by atoms with Crippen LogP contribution in [0.25, 0.3) is 0 Å². The number of nitrogens with two attached hydrogens (primary N) is 1. The summed E-state index contributed by atoms with van der Waals surface area (Å²) in [5.41, 5.74) is 7.07. The second kappa shape index (κ2) is 5.71. The molecule has 3 nitrogen and oxygen atoms in total. The van der Waals surface area contributed by atoms with Crippen LogP contribution < -0.4 is 5.73 Å². The van der Waals surface area contributed by atoms with Crippen molar-refractivity contribution >= 4 is 0 Å². The Balaban J connectivity index is 2.08. The summed E-state index contributed by atoms with van der Waals surface area (Å²) >= 11 is 0. The van der Waals surface area contributed by atoms with E-state index >= 15 is 0 Å². The molecule has 0 amide bonds. The molecule has 19 heavy (non-hydrogen) atoms. The first kappa shape index (κ1) is 15.3. The normalized spacial score (nSPS) is 30.9. The van der Waals surface area contributed by atoms with E-state index in [9.17, 15) is 0 Å². The predicted molar refractivity (Wildman–Crippen MR) is 82.3 cm³/mol. The van der Waals surface area contributed by atoms with Crippen molar-refractivity contribution in [1.29, 1.82) is 0 Å². The summed E-state index contributed by atoms with van der Waals surface area (Å²) < 4.78 is 0. The molecular weight excluding hydrogens is 234 g/mol. The average molecular weight is 267 g/mol. The Morgan fingerprint density at radius 1 is 1.16 bits per heavy atom. The lowest BCUT2D eigenvalue weighted by atomic mass is 9.68. The number of nitrogens with zero attached hydrogens (tertiary/aromatic N) is 2. The van der Waals surface area contributed by atoms with Gasteiger partial charge >= 0.3 is 0 Å². The molecule has 112 valence electrons. The van der Waals surface area contributed by atoms with Crippen molar-refractivity contribution in [3.05, 3.63) is 0 Å². The fourth-order valence-electron chi connectivity index (χ4n) is 4.07. The van der Waals surface area contributed by atoms with Gasteiger partial charge in [0.25, 0.3) is 0 Å². The van der Waals surface area contributed by atoms with Crippen molar-refractivity contribution in [3.8, 4) is 0 Å². The summed E-state index contributed by atoms with van der Waals surface area (Å²) in [5, 5.41) is 0. The van der Waals surface area contributed by atoms with E-state index in [0.717, 1.165) is 12.6 Å². The zero-order valence-corrected chi connectivity index (χ0v) is 13.4. The molecule has 0 spiro atoms. The van der Waals surface area contributed by atoms with E-state index in [1.165, 1.54) is 51.6 Å². The second-order valence-corrected chi connectivity index (χ2v) is 7.84.